The lowest BCUT2D eigenvalue weighted by Crippen LogP contribution is -2.32. The highest BCUT2D eigenvalue weighted by Gasteiger charge is 2.19. The number of benzene rings is 2. The number of hydrogen-bond donors (Lipinski definition) is 2. The molecule has 0 unspecified atom stereocenters. The summed E-state index contributed by atoms with van der Waals surface area (Å²) in [6.45, 7) is 3.53. The SMILES string of the molecule is CC(C)OC(=O)NS(=O)(=O)c1ccc(CCNC(=O)c2ccc(F)cc2)cc1. The van der Waals surface area contributed by atoms with Gasteiger partial charge in [0.05, 0.1) is 11.0 Å². The van der Waals surface area contributed by atoms with Crippen LogP contribution in [-0.4, -0.2) is 33.1 Å². The smallest absolute Gasteiger partial charge is 0.421 e. The molecule has 2 rings (SSSR count). The van der Waals surface area contributed by atoms with Gasteiger partial charge in [-0.05, 0) is 62.2 Å². The molecule has 7 nitrogen and oxygen atoms in total. The van der Waals surface area contributed by atoms with Crippen LogP contribution in [0, 0.1) is 5.82 Å². The molecule has 2 aromatic carbocycles. The summed E-state index contributed by atoms with van der Waals surface area (Å²) in [5, 5.41) is 2.70. The Morgan fingerprint density at radius 3 is 2.21 bits per heavy atom. The second-order valence-electron chi connectivity index (χ2n) is 6.22. The van der Waals surface area contributed by atoms with E-state index in [1.807, 2.05) is 4.72 Å². The Labute approximate surface area is 163 Å². The third-order valence-corrected chi connectivity index (χ3v) is 4.93. The minimum Gasteiger partial charge on any atom is -0.446 e. The molecule has 150 valence electrons. The van der Waals surface area contributed by atoms with E-state index in [1.54, 1.807) is 26.0 Å². The first-order chi connectivity index (χ1) is 13.2. The van der Waals surface area contributed by atoms with Gasteiger partial charge in [-0.2, -0.15) is 0 Å². The van der Waals surface area contributed by atoms with E-state index < -0.39 is 28.0 Å². The van der Waals surface area contributed by atoms with E-state index in [9.17, 15) is 22.4 Å². The third kappa shape index (κ3) is 6.34. The van der Waals surface area contributed by atoms with Gasteiger partial charge in [-0.3, -0.25) is 4.79 Å². The molecule has 9 heteroatoms. The average Bonchev–Trinajstić information content (AvgIpc) is 2.61. The summed E-state index contributed by atoms with van der Waals surface area (Å²) in [6.07, 6.45) is -1.01. The molecule has 0 saturated carbocycles. The highest BCUT2D eigenvalue weighted by molar-refractivity contribution is 7.90. The van der Waals surface area contributed by atoms with Crippen molar-refractivity contribution in [3.05, 3.63) is 65.5 Å². The molecule has 28 heavy (non-hydrogen) atoms. The topological polar surface area (TPSA) is 102 Å². The zero-order valence-electron chi connectivity index (χ0n) is 15.4. The Morgan fingerprint density at radius 1 is 1.04 bits per heavy atom. The standard InChI is InChI=1S/C19H21FN2O5S/c1-13(2)27-19(24)22-28(25,26)17-9-3-14(4-10-17)11-12-21-18(23)15-5-7-16(20)8-6-15/h3-10,13H,11-12H2,1-2H3,(H,21,23)(H,22,24). The summed E-state index contributed by atoms with van der Waals surface area (Å²) >= 11 is 0. The van der Waals surface area contributed by atoms with Crippen molar-refractivity contribution in [1.29, 1.82) is 0 Å². The van der Waals surface area contributed by atoms with E-state index in [4.69, 9.17) is 4.74 Å². The maximum atomic E-state index is 12.9. The van der Waals surface area contributed by atoms with E-state index in [2.05, 4.69) is 5.32 Å². The number of nitrogens with one attached hydrogen (secondary N) is 2. The molecule has 0 radical (unpaired) electrons. The van der Waals surface area contributed by atoms with Gasteiger partial charge in [0.15, 0.2) is 0 Å². The molecule has 0 aliphatic heterocycles. The van der Waals surface area contributed by atoms with Gasteiger partial charge < -0.3 is 10.1 Å². The first-order valence-corrected chi connectivity index (χ1v) is 10.0. The van der Waals surface area contributed by atoms with Crippen LogP contribution in [0.25, 0.3) is 0 Å². The van der Waals surface area contributed by atoms with Crippen LogP contribution in [0.15, 0.2) is 53.4 Å². The number of ether oxygens (including phenoxy) is 1. The van der Waals surface area contributed by atoms with Crippen LogP contribution in [0.2, 0.25) is 0 Å². The number of carbonyl (C=O) groups excluding carboxylic acids is 2. The molecule has 0 atom stereocenters. The fourth-order valence-corrected chi connectivity index (χ4v) is 3.15. The number of amides is 2. The average molecular weight is 408 g/mol. The third-order valence-electron chi connectivity index (χ3n) is 3.60. The van der Waals surface area contributed by atoms with Crippen molar-refractivity contribution in [3.8, 4) is 0 Å². The van der Waals surface area contributed by atoms with Crippen LogP contribution >= 0.6 is 0 Å². The molecular weight excluding hydrogens is 387 g/mol. The Morgan fingerprint density at radius 2 is 1.64 bits per heavy atom. The van der Waals surface area contributed by atoms with Crippen LogP contribution in [0.3, 0.4) is 0 Å². The highest BCUT2D eigenvalue weighted by Crippen LogP contribution is 2.11. The Kier molecular flexibility index (Phi) is 7.11. The molecule has 0 saturated heterocycles. The summed E-state index contributed by atoms with van der Waals surface area (Å²) in [5.74, 6) is -0.745. The Bertz CT molecular complexity index is 926. The van der Waals surface area contributed by atoms with E-state index >= 15 is 0 Å². The molecule has 0 heterocycles. The van der Waals surface area contributed by atoms with Gasteiger partial charge in [0.25, 0.3) is 15.9 Å². The number of rotatable bonds is 7. The van der Waals surface area contributed by atoms with Crippen molar-refractivity contribution in [2.75, 3.05) is 6.54 Å². The van der Waals surface area contributed by atoms with E-state index in [0.29, 0.717) is 18.5 Å². The molecule has 2 amide bonds. The van der Waals surface area contributed by atoms with Crippen LogP contribution in [0.5, 0.6) is 0 Å². The number of halogens is 1. The summed E-state index contributed by atoms with van der Waals surface area (Å²) in [4.78, 5) is 23.3. The summed E-state index contributed by atoms with van der Waals surface area (Å²) in [7, 11) is -4.02. The second kappa shape index (κ2) is 9.32. The van der Waals surface area contributed by atoms with Gasteiger partial charge >= 0.3 is 6.09 Å². The van der Waals surface area contributed by atoms with E-state index in [1.165, 1.54) is 36.4 Å². The zero-order chi connectivity index (χ0) is 20.7. The predicted molar refractivity (Wildman–Crippen MR) is 101 cm³/mol. The van der Waals surface area contributed by atoms with Crippen molar-refractivity contribution in [2.45, 2.75) is 31.3 Å². The van der Waals surface area contributed by atoms with Crippen molar-refractivity contribution >= 4 is 22.0 Å². The maximum Gasteiger partial charge on any atom is 0.421 e. The predicted octanol–water partition coefficient (Wildman–Crippen LogP) is 2.62. The fraction of sp³-hybridized carbons (Fsp3) is 0.263. The minimum atomic E-state index is -4.02. The van der Waals surface area contributed by atoms with Crippen LogP contribution in [0.1, 0.15) is 29.8 Å². The normalized spacial score (nSPS) is 11.1. The Balaban J connectivity index is 1.89. The zero-order valence-corrected chi connectivity index (χ0v) is 16.3. The molecular formula is C19H21FN2O5S. The maximum absolute atomic E-state index is 12.9. The lowest BCUT2D eigenvalue weighted by Gasteiger charge is -2.10. The number of sulfonamides is 1. The fourth-order valence-electron chi connectivity index (χ4n) is 2.27. The first-order valence-electron chi connectivity index (χ1n) is 8.53. The summed E-state index contributed by atoms with van der Waals surface area (Å²) in [6, 6.07) is 11.1. The van der Waals surface area contributed by atoms with E-state index in [-0.39, 0.29) is 10.8 Å². The monoisotopic (exact) mass is 408 g/mol. The van der Waals surface area contributed by atoms with Gasteiger partial charge in [-0.25, -0.2) is 22.3 Å². The lowest BCUT2D eigenvalue weighted by molar-refractivity contribution is 0.0953. The summed E-state index contributed by atoms with van der Waals surface area (Å²) < 4.78 is 43.7. The molecule has 0 spiro atoms. The van der Waals surface area contributed by atoms with E-state index in [0.717, 1.165) is 5.56 Å². The van der Waals surface area contributed by atoms with Gasteiger partial charge in [-0.15, -0.1) is 0 Å². The first kappa shape index (κ1) is 21.4. The second-order valence-corrected chi connectivity index (χ2v) is 7.90. The van der Waals surface area contributed by atoms with Crippen LogP contribution in [0.4, 0.5) is 9.18 Å². The summed E-state index contributed by atoms with van der Waals surface area (Å²) in [5.41, 5.74) is 1.14. The number of carbonyl (C=O) groups is 2. The molecule has 2 aromatic rings. The number of hydrogen-bond acceptors (Lipinski definition) is 5. The lowest BCUT2D eigenvalue weighted by atomic mass is 10.1. The molecule has 0 aliphatic rings. The Hall–Kier alpha value is -2.94. The van der Waals surface area contributed by atoms with Gasteiger partial charge in [0, 0.05) is 12.1 Å². The van der Waals surface area contributed by atoms with Gasteiger partial charge in [0.1, 0.15) is 5.82 Å². The van der Waals surface area contributed by atoms with Crippen molar-refractivity contribution in [2.24, 2.45) is 0 Å². The molecule has 0 bridgehead atoms. The quantitative estimate of drug-likeness (QED) is 0.733. The van der Waals surface area contributed by atoms with Crippen molar-refractivity contribution in [3.63, 3.8) is 0 Å². The van der Waals surface area contributed by atoms with Crippen molar-refractivity contribution in [1.82, 2.24) is 10.0 Å². The van der Waals surface area contributed by atoms with Gasteiger partial charge in [0.2, 0.25) is 0 Å². The molecule has 2 N–H and O–H groups in total. The van der Waals surface area contributed by atoms with Crippen LogP contribution < -0.4 is 10.0 Å². The molecule has 0 aromatic heterocycles. The molecule has 0 aliphatic carbocycles. The minimum absolute atomic E-state index is 0.0766. The van der Waals surface area contributed by atoms with Crippen molar-refractivity contribution < 1.29 is 27.1 Å². The largest absolute Gasteiger partial charge is 0.446 e. The van der Waals surface area contributed by atoms with Crippen LogP contribution in [-0.2, 0) is 21.2 Å². The highest BCUT2D eigenvalue weighted by atomic mass is 32.2. The molecule has 0 fully saturated rings. The van der Waals surface area contributed by atoms with Gasteiger partial charge in [-0.1, -0.05) is 12.1 Å².